The Morgan fingerprint density at radius 2 is 1.33 bits per heavy atom. The van der Waals surface area contributed by atoms with Gasteiger partial charge in [0.15, 0.2) is 6.10 Å². The van der Waals surface area contributed by atoms with E-state index in [2.05, 4.69) is 28.2 Å². The van der Waals surface area contributed by atoms with Gasteiger partial charge in [0.2, 0.25) is 5.91 Å². The molecule has 0 radical (unpaired) electrons. The first kappa shape index (κ1) is 58.0. The number of aryl methyl sites for hydroxylation is 3. The fraction of sp³-hybridized carbons (Fsp3) is 0.273. The Morgan fingerprint density at radius 3 is 1.99 bits per heavy atom. The van der Waals surface area contributed by atoms with Gasteiger partial charge in [-0.1, -0.05) is 139 Å². The Kier molecular flexibility index (Phi) is 20.6. The molecule has 4 amide bonds. The Balaban J connectivity index is 0.000000232. The van der Waals surface area contributed by atoms with Gasteiger partial charge in [-0.05, 0) is 125 Å². The molecule has 0 aliphatic carbocycles. The molecule has 1 aliphatic rings. The largest absolute Gasteiger partial charge is 0.506 e. The van der Waals surface area contributed by atoms with Gasteiger partial charge in [0.25, 0.3) is 17.7 Å². The molecule has 0 saturated carbocycles. The summed E-state index contributed by atoms with van der Waals surface area (Å²) in [4.78, 5) is 50.3. The average molecular weight is 1110 g/mol. The summed E-state index contributed by atoms with van der Waals surface area (Å²) in [7, 11) is 0. The van der Waals surface area contributed by atoms with Crippen LogP contribution < -0.4 is 26.0 Å². The lowest BCUT2D eigenvalue weighted by Gasteiger charge is -2.20. The maximum atomic E-state index is 13.2. The van der Waals surface area contributed by atoms with Crippen molar-refractivity contribution in [2.75, 3.05) is 21.3 Å². The van der Waals surface area contributed by atoms with Crippen molar-refractivity contribution in [3.63, 3.8) is 0 Å². The molecule has 1 unspecified atom stereocenters. The summed E-state index contributed by atoms with van der Waals surface area (Å²) in [6.45, 7) is 13.0. The Hall–Kier alpha value is -5.86. The second-order valence-electron chi connectivity index (χ2n) is 17.7. The van der Waals surface area contributed by atoms with E-state index in [0.29, 0.717) is 49.6 Å². The predicted octanol–water partition coefficient (Wildman–Crippen LogP) is 15.7. The van der Waals surface area contributed by atoms with Crippen molar-refractivity contribution in [2.45, 2.75) is 98.5 Å². The number of aromatic hydroxyl groups is 3. The zero-order valence-corrected chi connectivity index (χ0v) is 45.7. The van der Waals surface area contributed by atoms with Crippen molar-refractivity contribution in [1.82, 2.24) is 0 Å². The van der Waals surface area contributed by atoms with Gasteiger partial charge in [-0.25, -0.2) is 0 Å². The number of rotatable bonds is 14. The average Bonchev–Trinajstić information content (AvgIpc) is 3.58. The van der Waals surface area contributed by atoms with Crippen molar-refractivity contribution < 1.29 is 39.2 Å². The molecule has 12 nitrogen and oxygen atoms in total. The third-order valence-corrected chi connectivity index (χ3v) is 13.7. The van der Waals surface area contributed by atoms with Gasteiger partial charge in [-0.15, -0.1) is 0 Å². The second kappa shape index (κ2) is 25.9. The molecule has 18 heteroatoms. The first-order chi connectivity index (χ1) is 34.5. The van der Waals surface area contributed by atoms with Crippen molar-refractivity contribution in [2.24, 2.45) is 0 Å². The number of anilines is 4. The standard InChI is InChI=1S/C28H29Cl3N2O4.C18H17ClN2O3.C9H10Cl2O/c1-3-4-5-6-11-26(37-25-13-12-17(2)14-21(25)31)28(36)32-22-16-24(34)23(15-20(22)30)33-27(35)18-9-7-8-10-19(18)29;1-9-5-4-6-10(7-9)16(23)20-12-8-11(19)14-13(15(12)22)18(2,3)17(24)21-14;1-3-6-7(10)4-5(2)9(12)8(6)11/h7-10,12-16,26,34H,3-6,11H2,1-2H3,(H,32,36)(H,33,35);4-8,22H,1-3H3,(H,20,23)(H,21,24);4,12H,3H2,1-2H3. The summed E-state index contributed by atoms with van der Waals surface area (Å²) in [6, 6.07) is 24.8. The molecule has 73 heavy (non-hydrogen) atoms. The van der Waals surface area contributed by atoms with Gasteiger partial charge in [-0.2, -0.15) is 0 Å². The van der Waals surface area contributed by atoms with Crippen LogP contribution in [0.1, 0.15) is 108 Å². The molecule has 0 spiro atoms. The number of carbonyl (C=O) groups excluding carboxylic acids is 4. The van der Waals surface area contributed by atoms with Crippen LogP contribution in [0.4, 0.5) is 22.7 Å². The second-order valence-corrected chi connectivity index (χ2v) is 20.2. The highest BCUT2D eigenvalue weighted by Crippen LogP contribution is 2.50. The summed E-state index contributed by atoms with van der Waals surface area (Å²) >= 11 is 36.8. The molecule has 1 atom stereocenters. The van der Waals surface area contributed by atoms with Gasteiger partial charge in [0.05, 0.1) is 58.8 Å². The normalized spacial score (nSPS) is 12.5. The number of carbonyl (C=O) groups is 4. The van der Waals surface area contributed by atoms with Crippen LogP contribution in [0, 0.1) is 20.8 Å². The van der Waals surface area contributed by atoms with Crippen LogP contribution in [0.2, 0.25) is 30.1 Å². The molecular formula is C55H56Cl6N4O8. The highest BCUT2D eigenvalue weighted by molar-refractivity contribution is 6.38. The van der Waals surface area contributed by atoms with Crippen molar-refractivity contribution >= 4 is 116 Å². The summed E-state index contributed by atoms with van der Waals surface area (Å²) in [5, 5.41) is 43.3. The van der Waals surface area contributed by atoms with Crippen molar-refractivity contribution in [1.29, 1.82) is 0 Å². The summed E-state index contributed by atoms with van der Waals surface area (Å²) in [6.07, 6.45) is 4.26. The fourth-order valence-electron chi connectivity index (χ4n) is 7.58. The fourth-order valence-corrected chi connectivity index (χ4v) is 9.37. The molecular weight excluding hydrogens is 1060 g/mol. The molecule has 0 aromatic heterocycles. The van der Waals surface area contributed by atoms with Crippen LogP contribution in [0.3, 0.4) is 0 Å². The smallest absolute Gasteiger partial charge is 0.265 e. The number of ether oxygens (including phenoxy) is 1. The van der Waals surface area contributed by atoms with Crippen LogP contribution in [-0.2, 0) is 21.4 Å². The molecule has 1 heterocycles. The lowest BCUT2D eigenvalue weighted by Crippen LogP contribution is -2.33. The highest BCUT2D eigenvalue weighted by atomic mass is 35.5. The number of nitrogens with one attached hydrogen (secondary N) is 4. The van der Waals surface area contributed by atoms with Gasteiger partial charge < -0.3 is 41.3 Å². The number of fused-ring (bicyclic) bond motifs is 1. The van der Waals surface area contributed by atoms with E-state index in [0.717, 1.165) is 48.8 Å². The quantitative estimate of drug-likeness (QED) is 0.0415. The minimum absolute atomic E-state index is 0.0757. The van der Waals surface area contributed by atoms with Crippen molar-refractivity contribution in [3.05, 3.63) is 160 Å². The van der Waals surface area contributed by atoms with Crippen LogP contribution in [0.25, 0.3) is 0 Å². The van der Waals surface area contributed by atoms with E-state index in [9.17, 15) is 34.5 Å². The molecule has 0 saturated heterocycles. The summed E-state index contributed by atoms with van der Waals surface area (Å²) in [5.74, 6) is -1.43. The first-order valence-electron chi connectivity index (χ1n) is 23.2. The van der Waals surface area contributed by atoms with Gasteiger partial charge in [-0.3, -0.25) is 19.2 Å². The number of halogens is 6. The zero-order chi connectivity index (χ0) is 53.9. The minimum Gasteiger partial charge on any atom is -0.506 e. The molecule has 7 N–H and O–H groups in total. The number of amides is 4. The van der Waals surface area contributed by atoms with Crippen LogP contribution in [-0.4, -0.2) is 45.1 Å². The van der Waals surface area contributed by atoms with E-state index < -0.39 is 23.3 Å². The monoisotopic (exact) mass is 1110 g/mol. The van der Waals surface area contributed by atoms with Gasteiger partial charge in [0.1, 0.15) is 23.0 Å². The summed E-state index contributed by atoms with van der Waals surface area (Å²) < 4.78 is 6.00. The maximum Gasteiger partial charge on any atom is 0.265 e. The van der Waals surface area contributed by atoms with Crippen LogP contribution in [0.15, 0.2) is 91.0 Å². The van der Waals surface area contributed by atoms with E-state index in [4.69, 9.17) is 74.3 Å². The third kappa shape index (κ3) is 14.7. The molecule has 7 rings (SSSR count). The molecule has 0 bridgehead atoms. The SMILES string of the molecule is CCCCCCC(Oc1ccc(C)cc1Cl)C(=O)Nc1cc(O)c(NC(=O)c2ccccc2Cl)cc1Cl.CCc1c(Cl)cc(C)c(O)c1Cl.Cc1cccc(C(=O)Nc2cc(Cl)c3c(c2O)C(C)(C)C(=O)N3)c1. The Labute approximate surface area is 455 Å². The van der Waals surface area contributed by atoms with Crippen LogP contribution >= 0.6 is 69.6 Å². The predicted molar refractivity (Wildman–Crippen MR) is 297 cm³/mol. The van der Waals surface area contributed by atoms with E-state index in [1.165, 1.54) is 18.2 Å². The van der Waals surface area contributed by atoms with Gasteiger partial charge in [0, 0.05) is 22.2 Å². The van der Waals surface area contributed by atoms with Crippen molar-refractivity contribution in [3.8, 4) is 23.0 Å². The topological polar surface area (TPSA) is 186 Å². The number of phenols is 3. The Bertz CT molecular complexity index is 3040. The highest BCUT2D eigenvalue weighted by Gasteiger charge is 2.43. The van der Waals surface area contributed by atoms with E-state index >= 15 is 0 Å². The van der Waals surface area contributed by atoms with E-state index in [1.807, 2.05) is 32.9 Å². The lowest BCUT2D eigenvalue weighted by atomic mass is 9.85. The molecule has 6 aromatic carbocycles. The number of hydrogen-bond acceptors (Lipinski definition) is 8. The lowest BCUT2D eigenvalue weighted by molar-refractivity contribution is -0.123. The van der Waals surface area contributed by atoms with Crippen LogP contribution in [0.5, 0.6) is 23.0 Å². The number of hydrogen-bond donors (Lipinski definition) is 7. The minimum atomic E-state index is -0.937. The van der Waals surface area contributed by atoms with E-state index in [1.54, 1.807) is 81.4 Å². The molecule has 1 aliphatic heterocycles. The van der Waals surface area contributed by atoms with E-state index in [-0.39, 0.29) is 66.8 Å². The molecule has 0 fully saturated rings. The molecule has 6 aromatic rings. The number of unbranched alkanes of at least 4 members (excludes halogenated alkanes) is 3. The maximum absolute atomic E-state index is 13.2. The number of benzene rings is 6. The zero-order valence-electron chi connectivity index (χ0n) is 41.1. The Morgan fingerprint density at radius 1 is 0.658 bits per heavy atom. The van der Waals surface area contributed by atoms with Gasteiger partial charge >= 0.3 is 0 Å². The third-order valence-electron chi connectivity index (χ3n) is 11.7. The number of phenolic OH excluding ortho intramolecular Hbond substituents is 3. The summed E-state index contributed by atoms with van der Waals surface area (Å²) in [5.41, 5.74) is 4.43. The molecule has 386 valence electrons. The first-order valence-corrected chi connectivity index (χ1v) is 25.5.